The molecule has 0 saturated carbocycles. The number of fused-ring (bicyclic) bond motifs is 1. The van der Waals surface area contributed by atoms with Crippen molar-refractivity contribution in [2.24, 2.45) is 5.92 Å². The summed E-state index contributed by atoms with van der Waals surface area (Å²) in [5, 5.41) is 0. The van der Waals surface area contributed by atoms with Gasteiger partial charge >= 0.3 is 5.91 Å². The third-order valence-electron chi connectivity index (χ3n) is 4.33. The predicted octanol–water partition coefficient (Wildman–Crippen LogP) is 1.87. The molecule has 0 N–H and O–H groups in total. The van der Waals surface area contributed by atoms with Crippen molar-refractivity contribution in [1.29, 1.82) is 0 Å². The number of carbonyl (C=O) groups excluding carboxylic acids is 1. The van der Waals surface area contributed by atoms with Crippen LogP contribution in [0.4, 0.5) is 4.39 Å². The second kappa shape index (κ2) is 6.13. The Morgan fingerprint density at radius 3 is 3.10 bits per heavy atom. The minimum atomic E-state index is -0.357. The monoisotopic (exact) mass is 295 g/mol. The molecule has 1 aromatic heterocycles. The Hall–Kier alpha value is -1.43. The maximum absolute atomic E-state index is 12.5. The van der Waals surface area contributed by atoms with E-state index in [-0.39, 0.29) is 18.5 Å². The predicted molar refractivity (Wildman–Crippen MR) is 75.8 cm³/mol. The second-order valence-corrected chi connectivity index (χ2v) is 6.10. The van der Waals surface area contributed by atoms with E-state index in [2.05, 4.69) is 11.9 Å². The van der Waals surface area contributed by atoms with E-state index in [0.717, 1.165) is 37.5 Å². The Bertz CT molecular complexity index is 517. The Balaban J connectivity index is 1.71. The average molecular weight is 295 g/mol. The minimum absolute atomic E-state index is 0.104. The SMILES string of the molecule is C[C@H]1CCCN(C(=O)c2nc3c(o2)CCN(CCF)C3)C1. The van der Waals surface area contributed by atoms with Gasteiger partial charge < -0.3 is 9.32 Å². The highest BCUT2D eigenvalue weighted by Gasteiger charge is 2.29. The molecule has 3 rings (SSSR count). The lowest BCUT2D eigenvalue weighted by Crippen LogP contribution is -2.39. The van der Waals surface area contributed by atoms with E-state index < -0.39 is 0 Å². The number of alkyl halides is 1. The molecule has 2 aliphatic rings. The van der Waals surface area contributed by atoms with Crippen molar-refractivity contribution in [1.82, 2.24) is 14.8 Å². The first-order chi connectivity index (χ1) is 10.2. The summed E-state index contributed by atoms with van der Waals surface area (Å²) in [5.74, 6) is 1.43. The van der Waals surface area contributed by atoms with Crippen LogP contribution in [0.2, 0.25) is 0 Å². The number of carbonyl (C=O) groups is 1. The van der Waals surface area contributed by atoms with Crippen LogP contribution >= 0.6 is 0 Å². The van der Waals surface area contributed by atoms with Gasteiger partial charge in [0.2, 0.25) is 0 Å². The number of nitrogens with zero attached hydrogens (tertiary/aromatic N) is 3. The van der Waals surface area contributed by atoms with E-state index >= 15 is 0 Å². The summed E-state index contributed by atoms with van der Waals surface area (Å²) in [4.78, 5) is 20.7. The summed E-state index contributed by atoms with van der Waals surface area (Å²) < 4.78 is 18.1. The number of halogens is 1. The van der Waals surface area contributed by atoms with Gasteiger partial charge in [0.05, 0.1) is 5.69 Å². The standard InChI is InChI=1S/C15H22FN3O2/c1-11-3-2-6-19(9-11)15(20)14-17-12-10-18(8-5-16)7-4-13(12)21-14/h11H,2-10H2,1H3/t11-/m0/s1. The Morgan fingerprint density at radius 2 is 2.33 bits per heavy atom. The molecule has 2 aliphatic heterocycles. The van der Waals surface area contributed by atoms with Gasteiger partial charge in [0.25, 0.3) is 5.89 Å². The summed E-state index contributed by atoms with van der Waals surface area (Å²) in [7, 11) is 0. The highest BCUT2D eigenvalue weighted by molar-refractivity contribution is 5.89. The molecular weight excluding hydrogens is 273 g/mol. The summed E-state index contributed by atoms with van der Waals surface area (Å²) in [5.41, 5.74) is 0.795. The molecule has 0 aliphatic carbocycles. The van der Waals surface area contributed by atoms with Gasteiger partial charge in [0, 0.05) is 39.1 Å². The first-order valence-electron chi connectivity index (χ1n) is 7.73. The minimum Gasteiger partial charge on any atom is -0.437 e. The van der Waals surface area contributed by atoms with Gasteiger partial charge in [-0.05, 0) is 18.8 Å². The molecule has 1 amide bonds. The fourth-order valence-electron chi connectivity index (χ4n) is 3.16. The number of likely N-dealkylation sites (tertiary alicyclic amines) is 1. The molecule has 1 fully saturated rings. The van der Waals surface area contributed by atoms with Crippen molar-refractivity contribution in [3.05, 3.63) is 17.3 Å². The molecule has 0 bridgehead atoms. The van der Waals surface area contributed by atoms with Crippen molar-refractivity contribution in [2.75, 3.05) is 32.9 Å². The lowest BCUT2D eigenvalue weighted by atomic mass is 10.0. The van der Waals surface area contributed by atoms with E-state index in [1.54, 1.807) is 0 Å². The van der Waals surface area contributed by atoms with Gasteiger partial charge in [-0.25, -0.2) is 9.37 Å². The van der Waals surface area contributed by atoms with Crippen molar-refractivity contribution in [3.63, 3.8) is 0 Å². The number of hydrogen-bond donors (Lipinski definition) is 0. The third kappa shape index (κ3) is 3.10. The topological polar surface area (TPSA) is 49.6 Å². The molecule has 1 aromatic rings. The Morgan fingerprint density at radius 1 is 1.48 bits per heavy atom. The molecule has 0 unspecified atom stereocenters. The van der Waals surface area contributed by atoms with Gasteiger partial charge in [-0.3, -0.25) is 9.69 Å². The number of aromatic nitrogens is 1. The first kappa shape index (κ1) is 14.5. The zero-order valence-corrected chi connectivity index (χ0v) is 12.5. The molecule has 1 atom stereocenters. The number of amides is 1. The van der Waals surface area contributed by atoms with Crippen LogP contribution in [-0.4, -0.2) is 53.5 Å². The number of piperidine rings is 1. The number of rotatable bonds is 3. The van der Waals surface area contributed by atoms with Crippen LogP contribution < -0.4 is 0 Å². The Labute approximate surface area is 124 Å². The van der Waals surface area contributed by atoms with Crippen molar-refractivity contribution in [3.8, 4) is 0 Å². The quantitative estimate of drug-likeness (QED) is 0.854. The summed E-state index contributed by atoms with van der Waals surface area (Å²) in [6, 6.07) is 0. The lowest BCUT2D eigenvalue weighted by Gasteiger charge is -2.29. The molecule has 116 valence electrons. The smallest absolute Gasteiger partial charge is 0.309 e. The maximum atomic E-state index is 12.5. The molecular formula is C15H22FN3O2. The van der Waals surface area contributed by atoms with Crippen LogP contribution in [0.5, 0.6) is 0 Å². The van der Waals surface area contributed by atoms with E-state index in [1.165, 1.54) is 6.42 Å². The van der Waals surface area contributed by atoms with Crippen LogP contribution in [0, 0.1) is 5.92 Å². The second-order valence-electron chi connectivity index (χ2n) is 6.10. The molecule has 0 radical (unpaired) electrons. The molecule has 5 nitrogen and oxygen atoms in total. The highest BCUT2D eigenvalue weighted by atomic mass is 19.1. The van der Waals surface area contributed by atoms with Crippen LogP contribution in [0.15, 0.2) is 4.42 Å². The van der Waals surface area contributed by atoms with E-state index in [9.17, 15) is 9.18 Å². The number of oxazole rings is 1. The van der Waals surface area contributed by atoms with Gasteiger partial charge in [-0.15, -0.1) is 0 Å². The summed E-state index contributed by atoms with van der Waals surface area (Å²) in [6.45, 7) is 5.12. The zero-order valence-electron chi connectivity index (χ0n) is 12.5. The Kier molecular flexibility index (Phi) is 4.24. The van der Waals surface area contributed by atoms with Gasteiger partial charge in [-0.1, -0.05) is 6.92 Å². The van der Waals surface area contributed by atoms with Crippen molar-refractivity contribution >= 4 is 5.91 Å². The molecule has 0 spiro atoms. The van der Waals surface area contributed by atoms with Gasteiger partial charge in [0.1, 0.15) is 12.4 Å². The fourth-order valence-corrected chi connectivity index (χ4v) is 3.16. The van der Waals surface area contributed by atoms with Crippen molar-refractivity contribution < 1.29 is 13.6 Å². The van der Waals surface area contributed by atoms with Crippen LogP contribution in [0.3, 0.4) is 0 Å². The lowest BCUT2D eigenvalue weighted by molar-refractivity contribution is 0.0640. The normalized spacial score (nSPS) is 23.1. The molecule has 3 heterocycles. The third-order valence-corrected chi connectivity index (χ3v) is 4.33. The molecule has 0 aromatic carbocycles. The van der Waals surface area contributed by atoms with Crippen LogP contribution in [0.25, 0.3) is 0 Å². The molecule has 21 heavy (non-hydrogen) atoms. The van der Waals surface area contributed by atoms with Gasteiger partial charge in [0.15, 0.2) is 0 Å². The zero-order chi connectivity index (χ0) is 14.8. The van der Waals surface area contributed by atoms with Crippen LogP contribution in [-0.2, 0) is 13.0 Å². The average Bonchev–Trinajstić information content (AvgIpc) is 2.90. The fraction of sp³-hybridized carbons (Fsp3) is 0.733. The first-order valence-corrected chi connectivity index (χ1v) is 7.73. The summed E-state index contributed by atoms with van der Waals surface area (Å²) >= 11 is 0. The largest absolute Gasteiger partial charge is 0.437 e. The van der Waals surface area contributed by atoms with Crippen LogP contribution in [0.1, 0.15) is 41.9 Å². The van der Waals surface area contributed by atoms with E-state index in [1.807, 2.05) is 9.80 Å². The van der Waals surface area contributed by atoms with E-state index in [4.69, 9.17) is 4.42 Å². The summed E-state index contributed by atoms with van der Waals surface area (Å²) in [6.07, 6.45) is 2.91. The maximum Gasteiger partial charge on any atom is 0.309 e. The molecule has 1 saturated heterocycles. The van der Waals surface area contributed by atoms with Crippen molar-refractivity contribution in [2.45, 2.75) is 32.7 Å². The number of hydrogen-bond acceptors (Lipinski definition) is 4. The van der Waals surface area contributed by atoms with E-state index in [0.29, 0.717) is 25.4 Å². The van der Waals surface area contributed by atoms with Gasteiger partial charge in [-0.2, -0.15) is 0 Å². The molecule has 6 heteroatoms. The highest BCUT2D eigenvalue weighted by Crippen LogP contribution is 2.22.